The SMILES string of the molecule is CO[C@@H]1[C@@H](O)[C@@H](O)[C@@H](O[C@@H]2[C@@H](O)[C@H](CO)O[C@H](C)[C@H]2NC(C)=O)O[C@H]1C(=O)O. The maximum absolute atomic E-state index is 11.5. The molecule has 0 saturated carbocycles. The summed E-state index contributed by atoms with van der Waals surface area (Å²) in [6.45, 7) is 2.28. The number of carboxylic acid groups (broad SMARTS) is 1. The number of methoxy groups -OCH3 is 1. The van der Waals surface area contributed by atoms with Crippen LogP contribution in [0.25, 0.3) is 0 Å². The molecule has 0 spiro atoms. The molecule has 0 unspecified atom stereocenters. The number of aliphatic carboxylic acids is 1. The predicted molar refractivity (Wildman–Crippen MR) is 89.0 cm³/mol. The van der Waals surface area contributed by atoms with Gasteiger partial charge in [-0.15, -0.1) is 0 Å². The third-order valence-electron chi connectivity index (χ3n) is 4.87. The number of aliphatic hydroxyl groups excluding tert-OH is 4. The fourth-order valence-corrected chi connectivity index (χ4v) is 3.45. The molecule has 6 N–H and O–H groups in total. The molecule has 162 valence electrons. The van der Waals surface area contributed by atoms with E-state index in [0.29, 0.717) is 0 Å². The van der Waals surface area contributed by atoms with Crippen molar-refractivity contribution in [1.82, 2.24) is 5.32 Å². The minimum Gasteiger partial charge on any atom is -0.479 e. The van der Waals surface area contributed by atoms with E-state index in [1.165, 1.54) is 6.92 Å². The van der Waals surface area contributed by atoms with Gasteiger partial charge in [0.1, 0.15) is 36.6 Å². The number of ether oxygens (including phenoxy) is 4. The first-order valence-electron chi connectivity index (χ1n) is 8.76. The summed E-state index contributed by atoms with van der Waals surface area (Å²) in [5, 5.41) is 52.2. The molecule has 0 radical (unpaired) electrons. The zero-order chi connectivity index (χ0) is 21.2. The molecule has 2 aliphatic rings. The number of hydrogen-bond acceptors (Lipinski definition) is 10. The zero-order valence-electron chi connectivity index (χ0n) is 15.7. The third kappa shape index (κ3) is 4.60. The summed E-state index contributed by atoms with van der Waals surface area (Å²) >= 11 is 0. The van der Waals surface area contributed by atoms with Crippen molar-refractivity contribution in [3.05, 3.63) is 0 Å². The van der Waals surface area contributed by atoms with Gasteiger partial charge >= 0.3 is 5.97 Å². The van der Waals surface area contributed by atoms with Crippen molar-refractivity contribution in [1.29, 1.82) is 0 Å². The monoisotopic (exact) mass is 409 g/mol. The number of carboxylic acids is 1. The van der Waals surface area contributed by atoms with Crippen LogP contribution in [0.2, 0.25) is 0 Å². The lowest BCUT2D eigenvalue weighted by Gasteiger charge is -2.47. The molecule has 1 amide bonds. The van der Waals surface area contributed by atoms with Gasteiger partial charge in [0.15, 0.2) is 12.4 Å². The first-order chi connectivity index (χ1) is 13.1. The number of amides is 1. The van der Waals surface area contributed by atoms with Crippen molar-refractivity contribution in [2.45, 2.75) is 75.0 Å². The standard InChI is InChI=1S/C16H27NO11/c1-5-8(17-6(2)19)12(9(20)7(4-18)26-5)27-16-11(22)10(21)13(25-3)14(28-16)15(23)24/h5,7-14,16,18,20-22H,4H2,1-3H3,(H,17,19)(H,23,24)/t5-,7+,8-,9+,10+,11-,12+,13-,14-,16+/m1/s1. The van der Waals surface area contributed by atoms with Crippen molar-refractivity contribution < 1.29 is 54.1 Å². The largest absolute Gasteiger partial charge is 0.479 e. The van der Waals surface area contributed by atoms with Crippen LogP contribution in [0.4, 0.5) is 0 Å². The Kier molecular flexibility index (Phi) is 7.70. The van der Waals surface area contributed by atoms with Crippen molar-refractivity contribution in [3.63, 3.8) is 0 Å². The van der Waals surface area contributed by atoms with E-state index in [9.17, 15) is 35.1 Å². The van der Waals surface area contributed by atoms with Gasteiger partial charge < -0.3 is 49.8 Å². The Balaban J connectivity index is 2.26. The van der Waals surface area contributed by atoms with Crippen molar-refractivity contribution in [2.24, 2.45) is 0 Å². The topological polar surface area (TPSA) is 184 Å². The highest BCUT2D eigenvalue weighted by atomic mass is 16.7. The van der Waals surface area contributed by atoms with Crippen LogP contribution in [0.15, 0.2) is 0 Å². The summed E-state index contributed by atoms with van der Waals surface area (Å²) in [6, 6.07) is -0.897. The zero-order valence-corrected chi connectivity index (χ0v) is 15.7. The lowest BCUT2D eigenvalue weighted by atomic mass is 9.92. The van der Waals surface area contributed by atoms with Gasteiger partial charge in [-0.3, -0.25) is 4.79 Å². The van der Waals surface area contributed by atoms with Gasteiger partial charge in [-0.25, -0.2) is 4.79 Å². The summed E-state index contributed by atoms with van der Waals surface area (Å²) in [5.41, 5.74) is 0. The average Bonchev–Trinajstić information content (AvgIpc) is 2.63. The predicted octanol–water partition coefficient (Wildman–Crippen LogP) is -3.44. The Labute approximate surface area is 160 Å². The van der Waals surface area contributed by atoms with E-state index in [0.717, 1.165) is 7.11 Å². The molecule has 0 aromatic rings. The number of nitrogens with one attached hydrogen (secondary N) is 1. The van der Waals surface area contributed by atoms with Crippen LogP contribution >= 0.6 is 0 Å². The summed E-state index contributed by atoms with van der Waals surface area (Å²) in [6.07, 6.45) is -12.4. The molecule has 2 fully saturated rings. The fourth-order valence-electron chi connectivity index (χ4n) is 3.45. The van der Waals surface area contributed by atoms with Gasteiger partial charge in [-0.05, 0) is 6.92 Å². The smallest absolute Gasteiger partial charge is 0.335 e. The average molecular weight is 409 g/mol. The third-order valence-corrected chi connectivity index (χ3v) is 4.87. The number of carbonyl (C=O) groups is 2. The van der Waals surface area contributed by atoms with Crippen molar-refractivity contribution >= 4 is 11.9 Å². The van der Waals surface area contributed by atoms with Gasteiger partial charge in [0, 0.05) is 14.0 Å². The lowest BCUT2D eigenvalue weighted by molar-refractivity contribution is -0.327. The normalized spacial score (nSPS) is 44.1. The molecule has 0 aromatic carbocycles. The van der Waals surface area contributed by atoms with Gasteiger partial charge in [0.05, 0.1) is 18.8 Å². The van der Waals surface area contributed by atoms with Gasteiger partial charge in [-0.1, -0.05) is 0 Å². The van der Waals surface area contributed by atoms with Crippen LogP contribution in [-0.4, -0.2) is 112 Å². The highest BCUT2D eigenvalue weighted by Crippen LogP contribution is 2.30. The van der Waals surface area contributed by atoms with E-state index in [1.807, 2.05) is 0 Å². The minimum atomic E-state index is -1.70. The first-order valence-corrected chi connectivity index (χ1v) is 8.76. The van der Waals surface area contributed by atoms with Crippen LogP contribution < -0.4 is 5.32 Å². The molecule has 2 aliphatic heterocycles. The van der Waals surface area contributed by atoms with Gasteiger partial charge in [0.25, 0.3) is 0 Å². The van der Waals surface area contributed by atoms with Crippen LogP contribution in [0.5, 0.6) is 0 Å². The summed E-state index contributed by atoms with van der Waals surface area (Å²) in [7, 11) is 1.16. The van der Waals surface area contributed by atoms with Gasteiger partial charge in [-0.2, -0.15) is 0 Å². The molecular weight excluding hydrogens is 382 g/mol. The number of hydrogen-bond donors (Lipinski definition) is 6. The van der Waals surface area contributed by atoms with E-state index in [-0.39, 0.29) is 0 Å². The quantitative estimate of drug-likeness (QED) is 0.256. The highest BCUT2D eigenvalue weighted by Gasteiger charge is 2.52. The Hall–Kier alpha value is -1.38. The number of rotatable bonds is 6. The molecule has 10 atom stereocenters. The van der Waals surface area contributed by atoms with E-state index >= 15 is 0 Å². The highest BCUT2D eigenvalue weighted by molar-refractivity contribution is 5.73. The number of carbonyl (C=O) groups excluding carboxylic acids is 1. The van der Waals surface area contributed by atoms with Crippen LogP contribution in [0, 0.1) is 0 Å². The molecule has 12 nitrogen and oxygen atoms in total. The molecule has 12 heteroatoms. The van der Waals surface area contributed by atoms with Crippen LogP contribution in [0.3, 0.4) is 0 Å². The summed E-state index contributed by atoms with van der Waals surface area (Å²) in [5.74, 6) is -1.89. The summed E-state index contributed by atoms with van der Waals surface area (Å²) < 4.78 is 21.2. The molecule has 0 bridgehead atoms. The molecule has 0 aliphatic carbocycles. The van der Waals surface area contributed by atoms with Crippen molar-refractivity contribution in [3.8, 4) is 0 Å². The van der Waals surface area contributed by atoms with Gasteiger partial charge in [0.2, 0.25) is 5.91 Å². The van der Waals surface area contributed by atoms with E-state index < -0.39 is 79.6 Å². The molecule has 28 heavy (non-hydrogen) atoms. The molecule has 0 aromatic heterocycles. The fraction of sp³-hybridized carbons (Fsp3) is 0.875. The second kappa shape index (κ2) is 9.41. The lowest BCUT2D eigenvalue weighted by Crippen LogP contribution is -2.67. The Morgan fingerprint density at radius 1 is 1.07 bits per heavy atom. The Morgan fingerprint density at radius 3 is 2.21 bits per heavy atom. The maximum Gasteiger partial charge on any atom is 0.335 e. The molecule has 2 rings (SSSR count). The second-order valence-corrected chi connectivity index (χ2v) is 6.82. The first kappa shape index (κ1) is 22.9. The molecule has 2 heterocycles. The Morgan fingerprint density at radius 2 is 1.71 bits per heavy atom. The van der Waals surface area contributed by atoms with E-state index in [4.69, 9.17) is 18.9 Å². The summed E-state index contributed by atoms with van der Waals surface area (Å²) in [4.78, 5) is 23.0. The maximum atomic E-state index is 11.5. The molecular formula is C16H27NO11. The van der Waals surface area contributed by atoms with Crippen molar-refractivity contribution in [2.75, 3.05) is 13.7 Å². The van der Waals surface area contributed by atoms with Crippen LogP contribution in [0.1, 0.15) is 13.8 Å². The van der Waals surface area contributed by atoms with E-state index in [2.05, 4.69) is 5.32 Å². The van der Waals surface area contributed by atoms with E-state index in [1.54, 1.807) is 6.92 Å². The Bertz CT molecular complexity index is 561. The molecule has 2 saturated heterocycles. The van der Waals surface area contributed by atoms with Crippen LogP contribution in [-0.2, 0) is 28.5 Å². The minimum absolute atomic E-state index is 0.447. The second-order valence-electron chi connectivity index (χ2n) is 6.82. The number of aliphatic hydroxyl groups is 4.